The van der Waals surface area contributed by atoms with E-state index in [1.807, 2.05) is 4.90 Å². The van der Waals surface area contributed by atoms with Gasteiger partial charge in [-0.3, -0.25) is 4.79 Å². The van der Waals surface area contributed by atoms with Crippen LogP contribution in [0.5, 0.6) is 0 Å². The number of rotatable bonds is 3. The molecular formula is C16H14ClN5O3. The second kappa shape index (κ2) is 6.66. The van der Waals surface area contributed by atoms with Crippen molar-refractivity contribution in [3.63, 3.8) is 0 Å². The van der Waals surface area contributed by atoms with Gasteiger partial charge in [-0.2, -0.15) is 4.98 Å². The van der Waals surface area contributed by atoms with Crippen LogP contribution in [0.3, 0.4) is 0 Å². The Balaban J connectivity index is 1.69. The molecule has 3 heterocycles. The fourth-order valence-corrected chi connectivity index (χ4v) is 2.79. The van der Waals surface area contributed by atoms with Gasteiger partial charge in [0.1, 0.15) is 17.5 Å². The standard InChI is InChI=1S/C16H14ClN5O3/c17-10-1-3-11(4-2-10)20-15(23)13-12-14(22-5-7-24-8-6-22)18-9-19-16(12)25-21-13/h1-4,9H,5-8H2,(H,20,23). The minimum absolute atomic E-state index is 0.145. The molecule has 1 saturated heterocycles. The Morgan fingerprint density at radius 1 is 1.16 bits per heavy atom. The van der Waals surface area contributed by atoms with Crippen LogP contribution in [-0.4, -0.2) is 47.3 Å². The number of nitrogens with zero attached hydrogens (tertiary/aromatic N) is 4. The molecule has 25 heavy (non-hydrogen) atoms. The van der Waals surface area contributed by atoms with E-state index in [0.717, 1.165) is 0 Å². The molecule has 0 unspecified atom stereocenters. The number of hydrogen-bond acceptors (Lipinski definition) is 7. The number of ether oxygens (including phenoxy) is 1. The number of amides is 1. The molecule has 1 aliphatic heterocycles. The Morgan fingerprint density at radius 2 is 1.92 bits per heavy atom. The fraction of sp³-hybridized carbons (Fsp3) is 0.250. The zero-order chi connectivity index (χ0) is 17.2. The molecule has 2 aromatic heterocycles. The number of morpholine rings is 1. The van der Waals surface area contributed by atoms with Gasteiger partial charge in [0.2, 0.25) is 0 Å². The van der Waals surface area contributed by atoms with Crippen molar-refractivity contribution in [2.24, 2.45) is 0 Å². The van der Waals surface area contributed by atoms with Crippen molar-refractivity contribution >= 4 is 40.1 Å². The lowest BCUT2D eigenvalue weighted by molar-refractivity contribution is 0.102. The van der Waals surface area contributed by atoms with Gasteiger partial charge in [0, 0.05) is 23.8 Å². The van der Waals surface area contributed by atoms with E-state index in [2.05, 4.69) is 20.4 Å². The molecule has 1 aliphatic rings. The molecule has 9 heteroatoms. The minimum Gasteiger partial charge on any atom is -0.378 e. The summed E-state index contributed by atoms with van der Waals surface area (Å²) in [5.74, 6) is 0.223. The van der Waals surface area contributed by atoms with Crippen LogP contribution < -0.4 is 10.2 Å². The van der Waals surface area contributed by atoms with Crippen molar-refractivity contribution < 1.29 is 14.1 Å². The van der Waals surface area contributed by atoms with Gasteiger partial charge in [0.25, 0.3) is 11.6 Å². The monoisotopic (exact) mass is 359 g/mol. The Kier molecular flexibility index (Phi) is 4.21. The first-order chi connectivity index (χ1) is 12.2. The van der Waals surface area contributed by atoms with Crippen molar-refractivity contribution in [3.05, 3.63) is 41.3 Å². The maximum Gasteiger partial charge on any atom is 0.278 e. The SMILES string of the molecule is O=C(Nc1ccc(Cl)cc1)c1noc2ncnc(N3CCOCC3)c12. The maximum atomic E-state index is 12.6. The van der Waals surface area contributed by atoms with E-state index in [4.69, 9.17) is 20.9 Å². The Bertz CT molecular complexity index is 906. The number of fused-ring (bicyclic) bond motifs is 1. The number of carbonyl (C=O) groups excluding carboxylic acids is 1. The van der Waals surface area contributed by atoms with Crippen LogP contribution in [0.1, 0.15) is 10.5 Å². The number of halogens is 1. The van der Waals surface area contributed by atoms with E-state index >= 15 is 0 Å². The molecule has 1 N–H and O–H groups in total. The third kappa shape index (κ3) is 3.13. The summed E-state index contributed by atoms with van der Waals surface area (Å²) in [6.07, 6.45) is 1.40. The van der Waals surface area contributed by atoms with E-state index in [0.29, 0.717) is 48.2 Å². The van der Waals surface area contributed by atoms with Gasteiger partial charge in [-0.1, -0.05) is 16.8 Å². The van der Waals surface area contributed by atoms with E-state index < -0.39 is 5.91 Å². The van der Waals surface area contributed by atoms with Crippen LogP contribution in [0.15, 0.2) is 35.1 Å². The molecule has 0 atom stereocenters. The summed E-state index contributed by atoms with van der Waals surface area (Å²) in [6.45, 7) is 2.55. The minimum atomic E-state index is -0.398. The number of hydrogen-bond donors (Lipinski definition) is 1. The average Bonchev–Trinajstić information content (AvgIpc) is 3.09. The van der Waals surface area contributed by atoms with Crippen LogP contribution >= 0.6 is 11.6 Å². The molecule has 1 amide bonds. The van der Waals surface area contributed by atoms with Crippen molar-refractivity contribution in [1.82, 2.24) is 15.1 Å². The lowest BCUT2D eigenvalue weighted by atomic mass is 10.2. The summed E-state index contributed by atoms with van der Waals surface area (Å²) in [5.41, 5.74) is 1.03. The second-order valence-electron chi connectivity index (χ2n) is 5.47. The molecule has 0 bridgehead atoms. The summed E-state index contributed by atoms with van der Waals surface area (Å²) < 4.78 is 10.6. The highest BCUT2D eigenvalue weighted by atomic mass is 35.5. The molecule has 0 radical (unpaired) electrons. The first kappa shape index (κ1) is 15.8. The number of carbonyl (C=O) groups is 1. The van der Waals surface area contributed by atoms with Gasteiger partial charge >= 0.3 is 0 Å². The second-order valence-corrected chi connectivity index (χ2v) is 5.91. The van der Waals surface area contributed by atoms with E-state index in [-0.39, 0.29) is 11.4 Å². The third-order valence-electron chi connectivity index (χ3n) is 3.88. The van der Waals surface area contributed by atoms with Crippen LogP contribution in [0.2, 0.25) is 5.02 Å². The topological polar surface area (TPSA) is 93.4 Å². The van der Waals surface area contributed by atoms with Crippen LogP contribution in [-0.2, 0) is 4.74 Å². The predicted molar refractivity (Wildman–Crippen MR) is 92.0 cm³/mol. The molecule has 8 nitrogen and oxygen atoms in total. The number of anilines is 2. The Labute approximate surface area is 147 Å². The number of nitrogens with one attached hydrogen (secondary N) is 1. The van der Waals surface area contributed by atoms with Crippen molar-refractivity contribution in [2.75, 3.05) is 36.5 Å². The predicted octanol–water partition coefficient (Wildman–Crippen LogP) is 2.36. The van der Waals surface area contributed by atoms with E-state index in [1.54, 1.807) is 24.3 Å². The largest absolute Gasteiger partial charge is 0.378 e. The van der Waals surface area contributed by atoms with Crippen LogP contribution in [0.25, 0.3) is 11.1 Å². The molecule has 0 saturated carbocycles. The lowest BCUT2D eigenvalue weighted by Crippen LogP contribution is -2.37. The molecule has 1 aromatic carbocycles. The normalized spacial score (nSPS) is 14.7. The van der Waals surface area contributed by atoms with Crippen molar-refractivity contribution in [2.45, 2.75) is 0 Å². The third-order valence-corrected chi connectivity index (χ3v) is 4.13. The molecule has 4 rings (SSSR count). The molecule has 1 fully saturated rings. The first-order valence-electron chi connectivity index (χ1n) is 7.72. The molecular weight excluding hydrogens is 346 g/mol. The first-order valence-corrected chi connectivity index (χ1v) is 8.10. The maximum absolute atomic E-state index is 12.6. The molecule has 0 aliphatic carbocycles. The highest BCUT2D eigenvalue weighted by Crippen LogP contribution is 2.27. The zero-order valence-electron chi connectivity index (χ0n) is 13.1. The average molecular weight is 360 g/mol. The van der Waals surface area contributed by atoms with Gasteiger partial charge in [-0.05, 0) is 24.3 Å². The quantitative estimate of drug-likeness (QED) is 0.767. The van der Waals surface area contributed by atoms with Gasteiger partial charge in [-0.15, -0.1) is 0 Å². The van der Waals surface area contributed by atoms with E-state index in [9.17, 15) is 4.79 Å². The van der Waals surface area contributed by atoms with Gasteiger partial charge in [0.15, 0.2) is 5.69 Å². The summed E-state index contributed by atoms with van der Waals surface area (Å²) in [4.78, 5) is 23.1. The summed E-state index contributed by atoms with van der Waals surface area (Å²) in [5, 5.41) is 7.75. The van der Waals surface area contributed by atoms with Gasteiger partial charge < -0.3 is 19.5 Å². The molecule has 128 valence electrons. The van der Waals surface area contributed by atoms with Gasteiger partial charge in [-0.25, -0.2) is 4.98 Å². The van der Waals surface area contributed by atoms with E-state index in [1.165, 1.54) is 6.33 Å². The zero-order valence-corrected chi connectivity index (χ0v) is 13.9. The molecule has 3 aromatic rings. The summed E-state index contributed by atoms with van der Waals surface area (Å²) >= 11 is 5.86. The number of benzene rings is 1. The van der Waals surface area contributed by atoms with Crippen molar-refractivity contribution in [1.29, 1.82) is 0 Å². The number of aromatic nitrogens is 3. The Morgan fingerprint density at radius 3 is 2.68 bits per heavy atom. The van der Waals surface area contributed by atoms with Crippen molar-refractivity contribution in [3.8, 4) is 0 Å². The van der Waals surface area contributed by atoms with Crippen LogP contribution in [0.4, 0.5) is 11.5 Å². The summed E-state index contributed by atoms with van der Waals surface area (Å²) in [6, 6.07) is 6.81. The summed E-state index contributed by atoms with van der Waals surface area (Å²) in [7, 11) is 0. The highest BCUT2D eigenvalue weighted by Gasteiger charge is 2.25. The smallest absolute Gasteiger partial charge is 0.278 e. The molecule has 0 spiro atoms. The highest BCUT2D eigenvalue weighted by molar-refractivity contribution is 6.30. The van der Waals surface area contributed by atoms with Gasteiger partial charge in [0.05, 0.1) is 13.2 Å². The Hall–Kier alpha value is -2.71. The fourth-order valence-electron chi connectivity index (χ4n) is 2.67. The van der Waals surface area contributed by atoms with Crippen LogP contribution in [0, 0.1) is 0 Å². The lowest BCUT2D eigenvalue weighted by Gasteiger charge is -2.27.